The highest BCUT2D eigenvalue weighted by Crippen LogP contribution is 2.20. The quantitative estimate of drug-likeness (QED) is 0.746. The molecule has 0 saturated carbocycles. The topological polar surface area (TPSA) is 38.8 Å². The summed E-state index contributed by atoms with van der Waals surface area (Å²) in [6.45, 7) is 3.53. The second-order valence-corrected chi connectivity index (χ2v) is 5.90. The predicted molar refractivity (Wildman–Crippen MR) is 80.8 cm³/mol. The van der Waals surface area contributed by atoms with Crippen LogP contribution in [0.2, 0.25) is 0 Å². The Kier molecular flexibility index (Phi) is 6.01. The average molecular weight is 342 g/mol. The van der Waals surface area contributed by atoms with Gasteiger partial charge in [-0.25, -0.2) is 0 Å². The minimum atomic E-state index is 0.108. The van der Waals surface area contributed by atoms with E-state index in [4.69, 9.17) is 9.47 Å². The van der Waals surface area contributed by atoms with Crippen molar-refractivity contribution >= 4 is 21.8 Å². The van der Waals surface area contributed by atoms with Crippen molar-refractivity contribution in [1.29, 1.82) is 0 Å². The second kappa shape index (κ2) is 7.76. The van der Waals surface area contributed by atoms with Gasteiger partial charge in [0.1, 0.15) is 0 Å². The van der Waals surface area contributed by atoms with E-state index in [1.54, 1.807) is 7.11 Å². The number of carbonyl (C=O) groups is 1. The summed E-state index contributed by atoms with van der Waals surface area (Å²) in [5.41, 5.74) is 0.745. The number of ether oxygens (including phenoxy) is 2. The highest BCUT2D eigenvalue weighted by Gasteiger charge is 2.26. The first-order valence-electron chi connectivity index (χ1n) is 6.82. The van der Waals surface area contributed by atoms with Crippen molar-refractivity contribution in [1.82, 2.24) is 4.90 Å². The van der Waals surface area contributed by atoms with Gasteiger partial charge < -0.3 is 14.4 Å². The fourth-order valence-electron chi connectivity index (χ4n) is 2.32. The number of hydrogen-bond acceptors (Lipinski definition) is 3. The minimum absolute atomic E-state index is 0.108. The molecule has 0 bridgehead atoms. The Balaban J connectivity index is 1.80. The molecule has 5 heteroatoms. The van der Waals surface area contributed by atoms with Crippen LogP contribution in [0.3, 0.4) is 0 Å². The smallest absolute Gasteiger partial charge is 0.253 e. The number of carbonyl (C=O) groups excluding carboxylic acids is 1. The third-order valence-electron chi connectivity index (χ3n) is 3.45. The molecule has 0 radical (unpaired) electrons. The van der Waals surface area contributed by atoms with Crippen LogP contribution in [0.15, 0.2) is 28.7 Å². The standard InChI is InChI=1S/C15H20BrNO3/c1-19-8-9-20-11-12-6-7-17(10-12)15(18)13-2-4-14(16)5-3-13/h2-5,12H,6-11H2,1H3/t12-/m0/s1. The molecule has 0 unspecified atom stereocenters. The van der Waals surface area contributed by atoms with Crippen LogP contribution in [0.25, 0.3) is 0 Å². The lowest BCUT2D eigenvalue weighted by atomic mass is 10.1. The molecule has 0 spiro atoms. The summed E-state index contributed by atoms with van der Waals surface area (Å²) < 4.78 is 11.5. The van der Waals surface area contributed by atoms with Crippen LogP contribution < -0.4 is 0 Å². The minimum Gasteiger partial charge on any atom is -0.382 e. The lowest BCUT2D eigenvalue weighted by Crippen LogP contribution is -2.29. The normalized spacial score (nSPS) is 18.5. The van der Waals surface area contributed by atoms with E-state index >= 15 is 0 Å². The molecule has 1 saturated heterocycles. The Labute approximate surface area is 128 Å². The maximum absolute atomic E-state index is 12.3. The number of benzene rings is 1. The number of rotatable bonds is 6. The molecule has 1 atom stereocenters. The molecule has 1 aliphatic heterocycles. The zero-order valence-electron chi connectivity index (χ0n) is 11.7. The average Bonchev–Trinajstić information content (AvgIpc) is 2.92. The van der Waals surface area contributed by atoms with Crippen molar-refractivity contribution in [2.45, 2.75) is 6.42 Å². The number of halogens is 1. The molecular weight excluding hydrogens is 322 g/mol. The first kappa shape index (κ1) is 15.5. The summed E-state index contributed by atoms with van der Waals surface area (Å²) >= 11 is 3.38. The van der Waals surface area contributed by atoms with Gasteiger partial charge in [0.15, 0.2) is 0 Å². The Bertz CT molecular complexity index is 435. The lowest BCUT2D eigenvalue weighted by molar-refractivity contribution is 0.0515. The van der Waals surface area contributed by atoms with E-state index in [0.29, 0.717) is 25.7 Å². The van der Waals surface area contributed by atoms with Crippen molar-refractivity contribution in [3.63, 3.8) is 0 Å². The monoisotopic (exact) mass is 341 g/mol. The van der Waals surface area contributed by atoms with Crippen LogP contribution >= 0.6 is 15.9 Å². The number of methoxy groups -OCH3 is 1. The molecule has 1 aromatic carbocycles. The van der Waals surface area contributed by atoms with E-state index in [9.17, 15) is 4.79 Å². The van der Waals surface area contributed by atoms with Crippen LogP contribution in [0, 0.1) is 5.92 Å². The molecule has 2 rings (SSSR count). The van der Waals surface area contributed by atoms with E-state index in [0.717, 1.165) is 29.5 Å². The van der Waals surface area contributed by atoms with Gasteiger partial charge in [-0.2, -0.15) is 0 Å². The second-order valence-electron chi connectivity index (χ2n) is 4.98. The Morgan fingerprint density at radius 3 is 2.80 bits per heavy atom. The van der Waals surface area contributed by atoms with Gasteiger partial charge >= 0.3 is 0 Å². The molecule has 4 nitrogen and oxygen atoms in total. The largest absolute Gasteiger partial charge is 0.382 e. The summed E-state index contributed by atoms with van der Waals surface area (Å²) in [5, 5.41) is 0. The number of likely N-dealkylation sites (tertiary alicyclic amines) is 1. The van der Waals surface area contributed by atoms with Gasteiger partial charge in [0, 0.05) is 36.2 Å². The van der Waals surface area contributed by atoms with Crippen molar-refractivity contribution in [3.8, 4) is 0 Å². The van der Waals surface area contributed by atoms with E-state index in [2.05, 4.69) is 15.9 Å². The third-order valence-corrected chi connectivity index (χ3v) is 3.98. The lowest BCUT2D eigenvalue weighted by Gasteiger charge is -2.16. The summed E-state index contributed by atoms with van der Waals surface area (Å²) in [5.74, 6) is 0.545. The number of hydrogen-bond donors (Lipinski definition) is 0. The maximum atomic E-state index is 12.3. The molecule has 20 heavy (non-hydrogen) atoms. The third kappa shape index (κ3) is 4.30. The van der Waals surface area contributed by atoms with Crippen molar-refractivity contribution in [2.75, 3.05) is 40.0 Å². The number of nitrogens with zero attached hydrogens (tertiary/aromatic N) is 1. The molecule has 1 aliphatic rings. The Morgan fingerprint density at radius 2 is 2.10 bits per heavy atom. The van der Waals surface area contributed by atoms with E-state index in [-0.39, 0.29) is 5.91 Å². The molecule has 0 N–H and O–H groups in total. The molecule has 1 fully saturated rings. The summed E-state index contributed by atoms with van der Waals surface area (Å²) in [4.78, 5) is 14.2. The van der Waals surface area contributed by atoms with Crippen LogP contribution in [0.5, 0.6) is 0 Å². The maximum Gasteiger partial charge on any atom is 0.253 e. The fourth-order valence-corrected chi connectivity index (χ4v) is 2.58. The van der Waals surface area contributed by atoms with Crippen LogP contribution in [-0.4, -0.2) is 50.8 Å². The first-order valence-corrected chi connectivity index (χ1v) is 7.61. The number of amides is 1. The van der Waals surface area contributed by atoms with Gasteiger partial charge in [0.2, 0.25) is 0 Å². The molecule has 0 aliphatic carbocycles. The molecule has 1 amide bonds. The van der Waals surface area contributed by atoms with Crippen LogP contribution in [0.4, 0.5) is 0 Å². The zero-order valence-corrected chi connectivity index (χ0v) is 13.3. The van der Waals surface area contributed by atoms with E-state index < -0.39 is 0 Å². The fraction of sp³-hybridized carbons (Fsp3) is 0.533. The Morgan fingerprint density at radius 1 is 1.35 bits per heavy atom. The molecule has 110 valence electrons. The van der Waals surface area contributed by atoms with Gasteiger partial charge in [-0.3, -0.25) is 4.79 Å². The molecule has 0 aromatic heterocycles. The highest BCUT2D eigenvalue weighted by atomic mass is 79.9. The zero-order chi connectivity index (χ0) is 14.4. The molecule has 1 heterocycles. The van der Waals surface area contributed by atoms with Crippen LogP contribution in [-0.2, 0) is 9.47 Å². The summed E-state index contributed by atoms with van der Waals surface area (Å²) in [7, 11) is 1.66. The molecule has 1 aromatic rings. The SMILES string of the molecule is COCCOC[C@H]1CCN(C(=O)c2ccc(Br)cc2)C1. The molecular formula is C15H20BrNO3. The predicted octanol–water partition coefficient (Wildman–Crippen LogP) is 2.57. The van der Waals surface area contributed by atoms with Crippen molar-refractivity contribution < 1.29 is 14.3 Å². The van der Waals surface area contributed by atoms with Gasteiger partial charge in [-0.15, -0.1) is 0 Å². The highest BCUT2D eigenvalue weighted by molar-refractivity contribution is 9.10. The Hall–Kier alpha value is -0.910. The van der Waals surface area contributed by atoms with Gasteiger partial charge in [0.25, 0.3) is 5.91 Å². The van der Waals surface area contributed by atoms with Gasteiger partial charge in [-0.1, -0.05) is 15.9 Å². The van der Waals surface area contributed by atoms with Crippen LogP contribution in [0.1, 0.15) is 16.8 Å². The van der Waals surface area contributed by atoms with E-state index in [1.165, 1.54) is 0 Å². The van der Waals surface area contributed by atoms with E-state index in [1.807, 2.05) is 29.2 Å². The summed E-state index contributed by atoms with van der Waals surface area (Å²) in [6.07, 6.45) is 1.01. The summed E-state index contributed by atoms with van der Waals surface area (Å²) in [6, 6.07) is 7.51. The van der Waals surface area contributed by atoms with Crippen molar-refractivity contribution in [2.24, 2.45) is 5.92 Å². The first-order chi connectivity index (χ1) is 9.70. The van der Waals surface area contributed by atoms with Crippen molar-refractivity contribution in [3.05, 3.63) is 34.3 Å². The van der Waals surface area contributed by atoms with Gasteiger partial charge in [0.05, 0.1) is 19.8 Å². The van der Waals surface area contributed by atoms with Gasteiger partial charge in [-0.05, 0) is 30.7 Å².